The second kappa shape index (κ2) is 10.1. The number of thioether (sulfide) groups is 1. The van der Waals surface area contributed by atoms with Crippen LogP contribution in [-0.4, -0.2) is 47.1 Å². The summed E-state index contributed by atoms with van der Waals surface area (Å²) in [6.45, 7) is -0.422. The molecule has 2 atom stereocenters. The van der Waals surface area contributed by atoms with Gasteiger partial charge >= 0.3 is 0 Å². The van der Waals surface area contributed by atoms with Gasteiger partial charge in [-0.3, -0.25) is 14.9 Å². The molecule has 0 saturated carbocycles. The minimum absolute atomic E-state index is 0.0611. The molecule has 0 spiro atoms. The van der Waals surface area contributed by atoms with Crippen LogP contribution in [0.4, 0.5) is 5.69 Å². The molecule has 2 rings (SSSR count). The molecule has 3 N–H and O–H groups in total. The smallest absolute Gasteiger partial charge is 0.285 e. The maximum Gasteiger partial charge on any atom is 0.285 e. The van der Waals surface area contributed by atoms with Crippen LogP contribution < -0.4 is 10.1 Å². The molecule has 2 aromatic rings. The Balaban J connectivity index is 2.23. The van der Waals surface area contributed by atoms with Crippen LogP contribution in [0.1, 0.15) is 28.4 Å². The van der Waals surface area contributed by atoms with Gasteiger partial charge in [0.1, 0.15) is 11.3 Å². The predicted octanol–water partition coefficient (Wildman–Crippen LogP) is 2.54. The van der Waals surface area contributed by atoms with Crippen molar-refractivity contribution in [3.05, 3.63) is 63.7 Å². The molecular formula is C19H22N2O6S. The van der Waals surface area contributed by atoms with Crippen molar-refractivity contribution in [3.63, 3.8) is 0 Å². The number of ether oxygens (including phenoxy) is 1. The summed E-state index contributed by atoms with van der Waals surface area (Å²) in [4.78, 5) is 24.0. The molecule has 8 nitrogen and oxygen atoms in total. The number of nitro benzene ring substituents is 1. The SMILES string of the molecule is COc1cc([N+](=O)[O-])c(C(=O)NC(CO)CC(O)c2ccccc2)cc1SC. The Morgan fingerprint density at radius 2 is 2.00 bits per heavy atom. The topological polar surface area (TPSA) is 122 Å². The quantitative estimate of drug-likeness (QED) is 0.332. The lowest BCUT2D eigenvalue weighted by atomic mass is 10.0. The Morgan fingerprint density at radius 3 is 2.54 bits per heavy atom. The molecule has 0 aliphatic heterocycles. The van der Waals surface area contributed by atoms with Crippen molar-refractivity contribution in [2.75, 3.05) is 20.0 Å². The number of aliphatic hydroxyl groups excluding tert-OH is 2. The van der Waals surface area contributed by atoms with Gasteiger partial charge in [-0.05, 0) is 24.3 Å². The van der Waals surface area contributed by atoms with Gasteiger partial charge in [0.05, 0.1) is 41.7 Å². The Bertz CT molecular complexity index is 831. The fourth-order valence-electron chi connectivity index (χ4n) is 2.72. The number of nitrogens with one attached hydrogen (secondary N) is 1. The molecule has 0 bridgehead atoms. The number of carbonyl (C=O) groups excluding carboxylic acids is 1. The summed E-state index contributed by atoms with van der Waals surface area (Å²) < 4.78 is 5.14. The van der Waals surface area contributed by atoms with Crippen molar-refractivity contribution in [1.82, 2.24) is 5.32 Å². The lowest BCUT2D eigenvalue weighted by molar-refractivity contribution is -0.385. The second-order valence-electron chi connectivity index (χ2n) is 6.00. The summed E-state index contributed by atoms with van der Waals surface area (Å²) in [5.74, 6) is -0.405. The number of nitro groups is 1. The van der Waals surface area contributed by atoms with Gasteiger partial charge in [0.2, 0.25) is 0 Å². The first-order valence-corrected chi connectivity index (χ1v) is 9.68. The molecule has 0 aliphatic rings. The Morgan fingerprint density at radius 1 is 1.32 bits per heavy atom. The predicted molar refractivity (Wildman–Crippen MR) is 106 cm³/mol. The fourth-order valence-corrected chi connectivity index (χ4v) is 3.30. The van der Waals surface area contributed by atoms with Gasteiger partial charge in [0, 0.05) is 0 Å². The third-order valence-electron chi connectivity index (χ3n) is 4.19. The lowest BCUT2D eigenvalue weighted by Crippen LogP contribution is -2.39. The highest BCUT2D eigenvalue weighted by atomic mass is 32.2. The molecule has 0 fully saturated rings. The molecular weight excluding hydrogens is 384 g/mol. The molecule has 0 heterocycles. The third-order valence-corrected chi connectivity index (χ3v) is 4.95. The highest BCUT2D eigenvalue weighted by Gasteiger charge is 2.26. The van der Waals surface area contributed by atoms with Gasteiger partial charge in [0.25, 0.3) is 11.6 Å². The Hall–Kier alpha value is -2.62. The molecule has 2 unspecified atom stereocenters. The molecule has 0 aromatic heterocycles. The van der Waals surface area contributed by atoms with E-state index in [0.29, 0.717) is 16.2 Å². The lowest BCUT2D eigenvalue weighted by Gasteiger charge is -2.20. The van der Waals surface area contributed by atoms with E-state index in [4.69, 9.17) is 4.74 Å². The minimum Gasteiger partial charge on any atom is -0.495 e. The Kier molecular flexibility index (Phi) is 7.80. The van der Waals surface area contributed by atoms with E-state index in [9.17, 15) is 25.1 Å². The van der Waals surface area contributed by atoms with E-state index in [2.05, 4.69) is 5.32 Å². The van der Waals surface area contributed by atoms with Crippen LogP contribution in [0.2, 0.25) is 0 Å². The van der Waals surface area contributed by atoms with E-state index >= 15 is 0 Å². The number of methoxy groups -OCH3 is 1. The van der Waals surface area contributed by atoms with E-state index in [1.165, 1.54) is 31.0 Å². The summed E-state index contributed by atoms with van der Waals surface area (Å²) >= 11 is 1.29. The van der Waals surface area contributed by atoms with Gasteiger partial charge in [-0.25, -0.2) is 0 Å². The molecule has 28 heavy (non-hydrogen) atoms. The number of carbonyl (C=O) groups is 1. The molecule has 2 aromatic carbocycles. The maximum atomic E-state index is 12.7. The monoisotopic (exact) mass is 406 g/mol. The highest BCUT2D eigenvalue weighted by molar-refractivity contribution is 7.98. The number of amides is 1. The number of aliphatic hydroxyl groups is 2. The molecule has 1 amide bonds. The van der Waals surface area contributed by atoms with Crippen LogP contribution in [0.5, 0.6) is 5.75 Å². The zero-order valence-corrected chi connectivity index (χ0v) is 16.3. The van der Waals surface area contributed by atoms with Crippen molar-refractivity contribution in [2.24, 2.45) is 0 Å². The fraction of sp³-hybridized carbons (Fsp3) is 0.316. The number of nitrogens with zero attached hydrogens (tertiary/aromatic N) is 1. The first-order chi connectivity index (χ1) is 13.4. The van der Waals surface area contributed by atoms with Crippen LogP contribution in [0.3, 0.4) is 0 Å². The van der Waals surface area contributed by atoms with Crippen molar-refractivity contribution < 1.29 is 24.7 Å². The van der Waals surface area contributed by atoms with Crippen molar-refractivity contribution >= 4 is 23.4 Å². The highest BCUT2D eigenvalue weighted by Crippen LogP contribution is 2.34. The number of hydrogen-bond donors (Lipinski definition) is 3. The van der Waals surface area contributed by atoms with Crippen LogP contribution >= 0.6 is 11.8 Å². The number of benzene rings is 2. The largest absolute Gasteiger partial charge is 0.495 e. The summed E-state index contributed by atoms with van der Waals surface area (Å²) in [5, 5.41) is 33.9. The van der Waals surface area contributed by atoms with Gasteiger partial charge in [-0.1, -0.05) is 30.3 Å². The van der Waals surface area contributed by atoms with E-state index < -0.39 is 35.3 Å². The van der Waals surface area contributed by atoms with Crippen molar-refractivity contribution in [1.29, 1.82) is 0 Å². The summed E-state index contributed by atoms with van der Waals surface area (Å²) in [6.07, 6.45) is 0.926. The minimum atomic E-state index is -0.897. The average Bonchev–Trinajstić information content (AvgIpc) is 2.72. The van der Waals surface area contributed by atoms with E-state index in [-0.39, 0.29) is 12.0 Å². The molecule has 0 aliphatic carbocycles. The van der Waals surface area contributed by atoms with Crippen LogP contribution in [0, 0.1) is 10.1 Å². The van der Waals surface area contributed by atoms with Gasteiger partial charge < -0.3 is 20.3 Å². The first kappa shape index (κ1) is 21.7. The Labute approximate surface area is 166 Å². The van der Waals surface area contributed by atoms with Crippen molar-refractivity contribution in [2.45, 2.75) is 23.5 Å². The van der Waals surface area contributed by atoms with Gasteiger partial charge in [0.15, 0.2) is 0 Å². The summed E-state index contributed by atoms with van der Waals surface area (Å²) in [6, 6.07) is 10.6. The number of rotatable bonds is 9. The van der Waals surface area contributed by atoms with E-state index in [1.54, 1.807) is 30.5 Å². The molecule has 150 valence electrons. The van der Waals surface area contributed by atoms with Gasteiger partial charge in [-0.2, -0.15) is 0 Å². The summed E-state index contributed by atoms with van der Waals surface area (Å²) in [7, 11) is 1.39. The van der Waals surface area contributed by atoms with E-state index in [0.717, 1.165) is 0 Å². The van der Waals surface area contributed by atoms with Crippen LogP contribution in [-0.2, 0) is 0 Å². The summed E-state index contributed by atoms with van der Waals surface area (Å²) in [5.41, 5.74) is 0.116. The zero-order valence-electron chi connectivity index (χ0n) is 15.5. The molecule has 0 radical (unpaired) electrons. The zero-order chi connectivity index (χ0) is 20.7. The third kappa shape index (κ3) is 5.22. The average molecular weight is 406 g/mol. The second-order valence-corrected chi connectivity index (χ2v) is 6.84. The normalized spacial score (nSPS) is 12.9. The first-order valence-electron chi connectivity index (χ1n) is 8.46. The molecule has 9 heteroatoms. The van der Waals surface area contributed by atoms with E-state index in [1.807, 2.05) is 6.07 Å². The van der Waals surface area contributed by atoms with Crippen molar-refractivity contribution in [3.8, 4) is 5.75 Å². The maximum absolute atomic E-state index is 12.7. The number of hydrogen-bond acceptors (Lipinski definition) is 7. The standard InChI is InChI=1S/C19H22N2O6S/c1-27-17-10-15(21(25)26)14(9-18(17)28-2)19(24)20-13(11-22)8-16(23)12-6-4-3-5-7-12/h3-7,9-10,13,16,22-23H,8,11H2,1-2H3,(H,20,24). The van der Waals surface area contributed by atoms with Gasteiger partial charge in [-0.15, -0.1) is 11.8 Å². The van der Waals surface area contributed by atoms with Crippen LogP contribution in [0.25, 0.3) is 0 Å². The van der Waals surface area contributed by atoms with Crippen LogP contribution in [0.15, 0.2) is 47.4 Å². The molecule has 0 saturated heterocycles.